The van der Waals surface area contributed by atoms with E-state index in [9.17, 15) is 14.4 Å². The molecule has 2 aromatic rings. The van der Waals surface area contributed by atoms with Crippen molar-refractivity contribution in [1.82, 2.24) is 0 Å². The molecule has 1 aliphatic heterocycles. The Morgan fingerprint density at radius 2 is 1.88 bits per heavy atom. The van der Waals surface area contributed by atoms with Gasteiger partial charge in [-0.3, -0.25) is 0 Å². The van der Waals surface area contributed by atoms with E-state index < -0.39 is 18.0 Å². The number of esters is 2. The van der Waals surface area contributed by atoms with E-state index in [1.807, 2.05) is 0 Å². The fourth-order valence-electron chi connectivity index (χ4n) is 2.42. The highest BCUT2D eigenvalue weighted by Gasteiger charge is 2.21. The number of fused-ring (bicyclic) bond motifs is 1. The van der Waals surface area contributed by atoms with Crippen molar-refractivity contribution in [2.75, 3.05) is 17.2 Å². The molecule has 0 aliphatic carbocycles. The molecule has 0 bridgehead atoms. The van der Waals surface area contributed by atoms with Gasteiger partial charge in [0.1, 0.15) is 6.61 Å². The molecule has 3 rings (SSSR count). The van der Waals surface area contributed by atoms with Crippen LogP contribution in [0.5, 0.6) is 0 Å². The van der Waals surface area contributed by atoms with Gasteiger partial charge >= 0.3 is 18.0 Å². The Hall–Kier alpha value is -3.35. The Kier molecular flexibility index (Phi) is 4.65. The topological polar surface area (TPSA) is 93.7 Å². The van der Waals surface area contributed by atoms with E-state index in [-0.39, 0.29) is 13.2 Å². The lowest BCUT2D eigenvalue weighted by molar-refractivity contribution is 0.0520. The molecule has 1 heterocycles. The third-order valence-electron chi connectivity index (χ3n) is 3.58. The zero-order valence-corrected chi connectivity index (χ0v) is 13.5. The van der Waals surface area contributed by atoms with E-state index in [4.69, 9.17) is 9.47 Å². The van der Waals surface area contributed by atoms with Crippen molar-refractivity contribution in [3.63, 3.8) is 0 Å². The second-order valence-corrected chi connectivity index (χ2v) is 5.33. The first kappa shape index (κ1) is 16.5. The minimum atomic E-state index is -0.493. The van der Waals surface area contributed by atoms with Crippen molar-refractivity contribution in [2.24, 2.45) is 0 Å². The second kappa shape index (κ2) is 7.04. The molecule has 2 N–H and O–H groups in total. The van der Waals surface area contributed by atoms with E-state index >= 15 is 0 Å². The molecular weight excluding hydrogens is 324 g/mol. The smallest absolute Gasteiger partial charge is 0.338 e. The normalized spacial score (nSPS) is 12.1. The molecule has 0 fully saturated rings. The van der Waals surface area contributed by atoms with Gasteiger partial charge in [-0.15, -0.1) is 0 Å². The summed E-state index contributed by atoms with van der Waals surface area (Å²) in [5, 5.41) is 5.27. The van der Waals surface area contributed by atoms with E-state index in [1.165, 1.54) is 6.07 Å². The largest absolute Gasteiger partial charge is 0.462 e. The molecular formula is C18H16N2O5. The summed E-state index contributed by atoms with van der Waals surface area (Å²) >= 11 is 0. The molecule has 0 spiro atoms. The summed E-state index contributed by atoms with van der Waals surface area (Å²) in [7, 11) is 0. The van der Waals surface area contributed by atoms with Gasteiger partial charge in [0, 0.05) is 16.9 Å². The lowest BCUT2D eigenvalue weighted by Gasteiger charge is -2.09. The highest BCUT2D eigenvalue weighted by atomic mass is 16.5. The number of hydrogen-bond acceptors (Lipinski definition) is 5. The van der Waals surface area contributed by atoms with Crippen molar-refractivity contribution in [3.8, 4) is 0 Å². The minimum absolute atomic E-state index is 0.251. The van der Waals surface area contributed by atoms with Gasteiger partial charge in [0.25, 0.3) is 0 Å². The van der Waals surface area contributed by atoms with Gasteiger partial charge in [0.2, 0.25) is 0 Å². The minimum Gasteiger partial charge on any atom is -0.462 e. The van der Waals surface area contributed by atoms with Gasteiger partial charge in [-0.1, -0.05) is 12.1 Å². The predicted octanol–water partition coefficient (Wildman–Crippen LogP) is 3.18. The summed E-state index contributed by atoms with van der Waals surface area (Å²) in [6, 6.07) is 10.9. The van der Waals surface area contributed by atoms with Crippen LogP contribution in [0.1, 0.15) is 33.2 Å². The molecule has 0 saturated heterocycles. The molecule has 2 aromatic carbocycles. The van der Waals surface area contributed by atoms with Crippen LogP contribution in [-0.4, -0.2) is 24.6 Å². The number of carbonyl (C=O) groups excluding carboxylic acids is 3. The number of anilines is 2. The van der Waals surface area contributed by atoms with Crippen LogP contribution in [0.4, 0.5) is 16.2 Å². The molecule has 0 atom stereocenters. The monoisotopic (exact) mass is 340 g/mol. The number of ether oxygens (including phenoxy) is 2. The van der Waals surface area contributed by atoms with Crippen LogP contribution in [0.25, 0.3) is 0 Å². The fraction of sp³-hybridized carbons (Fsp3) is 0.167. The average molecular weight is 340 g/mol. The van der Waals surface area contributed by atoms with Crippen molar-refractivity contribution < 1.29 is 23.9 Å². The summed E-state index contributed by atoms with van der Waals surface area (Å²) < 4.78 is 9.85. The van der Waals surface area contributed by atoms with Crippen LogP contribution in [0.15, 0.2) is 42.5 Å². The SMILES string of the molecule is CCOC(=O)c1cccc(NC(=O)Nc2ccc3c(c2)C(=O)OC3)c1. The molecule has 0 unspecified atom stereocenters. The highest BCUT2D eigenvalue weighted by molar-refractivity contribution is 6.02. The number of rotatable bonds is 4. The van der Waals surface area contributed by atoms with Gasteiger partial charge in [-0.2, -0.15) is 0 Å². The van der Waals surface area contributed by atoms with Gasteiger partial charge in [-0.05, 0) is 37.3 Å². The van der Waals surface area contributed by atoms with E-state index in [0.29, 0.717) is 22.5 Å². The first-order valence-electron chi connectivity index (χ1n) is 7.72. The second-order valence-electron chi connectivity index (χ2n) is 5.33. The van der Waals surface area contributed by atoms with Gasteiger partial charge in [0.05, 0.1) is 17.7 Å². The predicted molar refractivity (Wildman–Crippen MR) is 90.6 cm³/mol. The molecule has 128 valence electrons. The molecule has 0 radical (unpaired) electrons. The Balaban J connectivity index is 1.67. The summed E-state index contributed by atoms with van der Waals surface area (Å²) in [6.45, 7) is 2.25. The summed E-state index contributed by atoms with van der Waals surface area (Å²) in [5.41, 5.74) is 2.50. The number of carbonyl (C=O) groups is 3. The van der Waals surface area contributed by atoms with Gasteiger partial charge in [0.15, 0.2) is 0 Å². The molecule has 0 aromatic heterocycles. The molecule has 7 nitrogen and oxygen atoms in total. The quantitative estimate of drug-likeness (QED) is 0.834. The Bertz CT molecular complexity index is 847. The standard InChI is InChI=1S/C18H16N2O5/c1-2-24-16(21)11-4-3-5-13(8-11)19-18(23)20-14-7-6-12-10-25-17(22)15(12)9-14/h3-9H,2,10H2,1H3,(H2,19,20,23). The van der Waals surface area contributed by atoms with Crippen LogP contribution < -0.4 is 10.6 Å². The zero-order valence-electron chi connectivity index (χ0n) is 13.5. The van der Waals surface area contributed by atoms with Crippen molar-refractivity contribution in [1.29, 1.82) is 0 Å². The molecule has 25 heavy (non-hydrogen) atoms. The maximum atomic E-state index is 12.1. The Morgan fingerprint density at radius 3 is 2.64 bits per heavy atom. The van der Waals surface area contributed by atoms with Crippen molar-refractivity contribution in [3.05, 3.63) is 59.2 Å². The first-order chi connectivity index (χ1) is 12.1. The lowest BCUT2D eigenvalue weighted by Crippen LogP contribution is -2.20. The first-order valence-corrected chi connectivity index (χ1v) is 7.72. The highest BCUT2D eigenvalue weighted by Crippen LogP contribution is 2.23. The number of hydrogen-bond donors (Lipinski definition) is 2. The summed E-state index contributed by atoms with van der Waals surface area (Å²) in [5.74, 6) is -0.857. The van der Waals surface area contributed by atoms with E-state index in [0.717, 1.165) is 5.56 Å². The van der Waals surface area contributed by atoms with Crippen LogP contribution in [-0.2, 0) is 16.1 Å². The van der Waals surface area contributed by atoms with Crippen LogP contribution in [0, 0.1) is 0 Å². The average Bonchev–Trinajstić information content (AvgIpc) is 2.96. The molecule has 7 heteroatoms. The Labute approximate surface area is 143 Å². The van der Waals surface area contributed by atoms with Crippen LogP contribution >= 0.6 is 0 Å². The zero-order chi connectivity index (χ0) is 17.8. The third kappa shape index (κ3) is 3.77. The third-order valence-corrected chi connectivity index (χ3v) is 3.58. The molecule has 1 aliphatic rings. The van der Waals surface area contributed by atoms with Crippen LogP contribution in [0.3, 0.4) is 0 Å². The van der Waals surface area contributed by atoms with Crippen molar-refractivity contribution >= 4 is 29.3 Å². The number of nitrogens with one attached hydrogen (secondary N) is 2. The molecule has 0 saturated carbocycles. The maximum Gasteiger partial charge on any atom is 0.338 e. The van der Waals surface area contributed by atoms with Crippen LogP contribution in [0.2, 0.25) is 0 Å². The number of benzene rings is 2. The van der Waals surface area contributed by atoms with E-state index in [2.05, 4.69) is 10.6 Å². The fourth-order valence-corrected chi connectivity index (χ4v) is 2.42. The van der Waals surface area contributed by atoms with E-state index in [1.54, 1.807) is 43.3 Å². The molecule has 2 amide bonds. The summed E-state index contributed by atoms with van der Waals surface area (Å²) in [6.07, 6.45) is 0. The number of urea groups is 1. The van der Waals surface area contributed by atoms with Gasteiger partial charge < -0.3 is 20.1 Å². The summed E-state index contributed by atoms with van der Waals surface area (Å²) in [4.78, 5) is 35.4. The van der Waals surface area contributed by atoms with Gasteiger partial charge in [-0.25, -0.2) is 14.4 Å². The Morgan fingerprint density at radius 1 is 1.12 bits per heavy atom. The number of amides is 2. The maximum absolute atomic E-state index is 12.1. The number of cyclic esters (lactones) is 1. The lowest BCUT2D eigenvalue weighted by atomic mass is 10.1. The van der Waals surface area contributed by atoms with Crippen molar-refractivity contribution in [2.45, 2.75) is 13.5 Å².